The molecule has 2 aromatic rings. The molecule has 0 saturated heterocycles. The zero-order valence-electron chi connectivity index (χ0n) is 11.6. The molecule has 1 atom stereocenters. The van der Waals surface area contributed by atoms with E-state index in [0.29, 0.717) is 24.5 Å². The lowest BCUT2D eigenvalue weighted by Crippen LogP contribution is -2.21. The highest BCUT2D eigenvalue weighted by Gasteiger charge is 2.21. The molecule has 1 heterocycles. The van der Waals surface area contributed by atoms with E-state index < -0.39 is 6.04 Å². The maximum Gasteiger partial charge on any atom is 0.330 e. The minimum atomic E-state index is -0.440. The van der Waals surface area contributed by atoms with Crippen LogP contribution in [0.5, 0.6) is 0 Å². The summed E-state index contributed by atoms with van der Waals surface area (Å²) in [4.78, 5) is 16.1. The summed E-state index contributed by atoms with van der Waals surface area (Å²) in [5.74, 6) is 0.275. The minimum Gasteiger partial charge on any atom is -0.464 e. The molecular formula is C14H18N4O2. The second kappa shape index (κ2) is 6.18. The number of hydrogen-bond donors (Lipinski definition) is 1. The van der Waals surface area contributed by atoms with Gasteiger partial charge in [0.2, 0.25) is 0 Å². The Labute approximate surface area is 117 Å². The van der Waals surface area contributed by atoms with E-state index in [9.17, 15) is 4.79 Å². The van der Waals surface area contributed by atoms with Crippen molar-refractivity contribution in [2.45, 2.75) is 26.3 Å². The number of nitrogens with two attached hydrogens (primary N) is 1. The van der Waals surface area contributed by atoms with E-state index in [1.54, 1.807) is 30.1 Å². The molecule has 1 aromatic carbocycles. The van der Waals surface area contributed by atoms with Gasteiger partial charge < -0.3 is 10.5 Å². The van der Waals surface area contributed by atoms with Gasteiger partial charge in [-0.15, -0.1) is 0 Å². The fourth-order valence-corrected chi connectivity index (χ4v) is 1.89. The van der Waals surface area contributed by atoms with Gasteiger partial charge in [-0.2, -0.15) is 5.10 Å². The highest BCUT2D eigenvalue weighted by atomic mass is 16.5. The first-order valence-electron chi connectivity index (χ1n) is 6.59. The molecule has 0 aliphatic rings. The summed E-state index contributed by atoms with van der Waals surface area (Å²) in [6, 6.07) is 6.84. The summed E-state index contributed by atoms with van der Waals surface area (Å²) in [6.07, 6.45) is 2.15. The molecule has 0 amide bonds. The monoisotopic (exact) mass is 274 g/mol. The molecule has 0 fully saturated rings. The van der Waals surface area contributed by atoms with Gasteiger partial charge in [-0.25, -0.2) is 14.5 Å². The van der Waals surface area contributed by atoms with E-state index in [1.807, 2.05) is 19.1 Å². The summed E-state index contributed by atoms with van der Waals surface area (Å²) in [5, 5.41) is 4.35. The number of nitrogen functional groups attached to an aromatic ring is 1. The molecule has 0 aliphatic heterocycles. The van der Waals surface area contributed by atoms with Gasteiger partial charge in [0, 0.05) is 11.3 Å². The van der Waals surface area contributed by atoms with Crippen LogP contribution < -0.4 is 5.73 Å². The first-order valence-corrected chi connectivity index (χ1v) is 6.59. The first kappa shape index (κ1) is 14.0. The van der Waals surface area contributed by atoms with Crippen LogP contribution in [0.25, 0.3) is 11.4 Å². The predicted molar refractivity (Wildman–Crippen MR) is 75.8 cm³/mol. The van der Waals surface area contributed by atoms with Crippen LogP contribution in [0, 0.1) is 0 Å². The van der Waals surface area contributed by atoms with E-state index in [0.717, 1.165) is 5.56 Å². The van der Waals surface area contributed by atoms with Gasteiger partial charge in [-0.3, -0.25) is 0 Å². The van der Waals surface area contributed by atoms with E-state index in [-0.39, 0.29) is 5.97 Å². The number of carbonyl (C=O) groups excluding carboxylic acids is 1. The van der Waals surface area contributed by atoms with E-state index in [2.05, 4.69) is 10.1 Å². The molecule has 6 nitrogen and oxygen atoms in total. The van der Waals surface area contributed by atoms with Crippen LogP contribution in [-0.4, -0.2) is 27.3 Å². The van der Waals surface area contributed by atoms with E-state index >= 15 is 0 Å². The number of rotatable bonds is 5. The highest BCUT2D eigenvalue weighted by Crippen LogP contribution is 2.18. The van der Waals surface area contributed by atoms with Crippen molar-refractivity contribution in [1.82, 2.24) is 14.8 Å². The van der Waals surface area contributed by atoms with Crippen LogP contribution in [-0.2, 0) is 9.53 Å². The third-order valence-corrected chi connectivity index (χ3v) is 2.94. The number of ether oxygens (including phenoxy) is 1. The van der Waals surface area contributed by atoms with Crippen LogP contribution in [0.1, 0.15) is 26.3 Å². The average molecular weight is 274 g/mol. The zero-order chi connectivity index (χ0) is 14.5. The van der Waals surface area contributed by atoms with E-state index in [4.69, 9.17) is 10.5 Å². The Bertz CT molecular complexity index is 577. The molecule has 20 heavy (non-hydrogen) atoms. The van der Waals surface area contributed by atoms with Crippen molar-refractivity contribution in [3.8, 4) is 11.4 Å². The minimum absolute atomic E-state index is 0.288. The molecule has 0 radical (unpaired) electrons. The van der Waals surface area contributed by atoms with Crippen molar-refractivity contribution in [2.75, 3.05) is 12.3 Å². The lowest BCUT2D eigenvalue weighted by atomic mass is 10.2. The molecule has 0 saturated carbocycles. The number of benzene rings is 1. The van der Waals surface area contributed by atoms with Crippen molar-refractivity contribution in [2.24, 2.45) is 0 Å². The second-order valence-corrected chi connectivity index (χ2v) is 4.35. The lowest BCUT2D eigenvalue weighted by Gasteiger charge is -2.12. The second-order valence-electron chi connectivity index (χ2n) is 4.35. The van der Waals surface area contributed by atoms with Gasteiger partial charge in [-0.1, -0.05) is 6.92 Å². The van der Waals surface area contributed by atoms with Crippen molar-refractivity contribution in [3.05, 3.63) is 30.6 Å². The van der Waals surface area contributed by atoms with Crippen molar-refractivity contribution >= 4 is 11.7 Å². The number of hydrogen-bond acceptors (Lipinski definition) is 5. The van der Waals surface area contributed by atoms with Crippen LogP contribution in [0.4, 0.5) is 5.69 Å². The molecule has 1 aromatic heterocycles. The number of anilines is 1. The predicted octanol–water partition coefficient (Wildman–Crippen LogP) is 2.04. The number of nitrogens with zero attached hydrogens (tertiary/aromatic N) is 3. The van der Waals surface area contributed by atoms with Gasteiger partial charge in [0.25, 0.3) is 0 Å². The molecule has 0 aliphatic carbocycles. The Morgan fingerprint density at radius 2 is 2.05 bits per heavy atom. The van der Waals surface area contributed by atoms with E-state index in [1.165, 1.54) is 0 Å². The molecule has 1 unspecified atom stereocenters. The van der Waals surface area contributed by atoms with Gasteiger partial charge in [0.1, 0.15) is 6.33 Å². The average Bonchev–Trinajstić information content (AvgIpc) is 2.90. The highest BCUT2D eigenvalue weighted by molar-refractivity contribution is 5.74. The smallest absolute Gasteiger partial charge is 0.330 e. The first-order chi connectivity index (χ1) is 9.65. The summed E-state index contributed by atoms with van der Waals surface area (Å²) < 4.78 is 6.58. The Hall–Kier alpha value is -2.37. The number of aromatic nitrogens is 3. The SMILES string of the molecule is CCOC(=O)C(CC)n1cnc(-c2ccc(N)cc2)n1. The van der Waals surface area contributed by atoms with Crippen LogP contribution in [0.3, 0.4) is 0 Å². The standard InChI is InChI=1S/C14H18N4O2/c1-3-12(14(19)20-4-2)18-9-16-13(17-18)10-5-7-11(15)8-6-10/h5-9,12H,3-4,15H2,1-2H3. The van der Waals surface area contributed by atoms with Crippen LogP contribution in [0.15, 0.2) is 30.6 Å². The summed E-state index contributed by atoms with van der Waals surface area (Å²) in [6.45, 7) is 4.05. The molecule has 0 bridgehead atoms. The largest absolute Gasteiger partial charge is 0.464 e. The van der Waals surface area contributed by atoms with Gasteiger partial charge in [0.15, 0.2) is 11.9 Å². The summed E-state index contributed by atoms with van der Waals surface area (Å²) in [7, 11) is 0. The normalized spacial score (nSPS) is 12.1. The van der Waals surface area contributed by atoms with Crippen molar-refractivity contribution < 1.29 is 9.53 Å². The third-order valence-electron chi connectivity index (χ3n) is 2.94. The van der Waals surface area contributed by atoms with Gasteiger partial charge >= 0.3 is 5.97 Å². The van der Waals surface area contributed by atoms with Gasteiger partial charge in [-0.05, 0) is 37.6 Å². The molecular weight excluding hydrogens is 256 g/mol. The molecule has 106 valence electrons. The maximum atomic E-state index is 11.8. The molecule has 6 heteroatoms. The van der Waals surface area contributed by atoms with Crippen molar-refractivity contribution in [3.63, 3.8) is 0 Å². The Kier molecular flexibility index (Phi) is 4.34. The molecule has 2 rings (SSSR count). The quantitative estimate of drug-likeness (QED) is 0.666. The number of carbonyl (C=O) groups is 1. The fourth-order valence-electron chi connectivity index (χ4n) is 1.89. The van der Waals surface area contributed by atoms with Crippen molar-refractivity contribution in [1.29, 1.82) is 0 Å². The summed E-state index contributed by atoms with van der Waals surface area (Å²) >= 11 is 0. The Morgan fingerprint density at radius 3 is 2.65 bits per heavy atom. The molecule has 0 spiro atoms. The Balaban J connectivity index is 2.23. The Morgan fingerprint density at radius 1 is 1.35 bits per heavy atom. The third kappa shape index (κ3) is 2.96. The van der Waals surface area contributed by atoms with Crippen LogP contribution in [0.2, 0.25) is 0 Å². The summed E-state index contributed by atoms with van der Waals surface area (Å²) in [5.41, 5.74) is 7.19. The van der Waals surface area contributed by atoms with Gasteiger partial charge in [0.05, 0.1) is 6.61 Å². The maximum absolute atomic E-state index is 11.8. The lowest BCUT2D eigenvalue weighted by molar-refractivity contribution is -0.147. The number of esters is 1. The molecule has 2 N–H and O–H groups in total. The topological polar surface area (TPSA) is 83.0 Å². The zero-order valence-corrected chi connectivity index (χ0v) is 11.6. The fraction of sp³-hybridized carbons (Fsp3) is 0.357. The van der Waals surface area contributed by atoms with Crippen LogP contribution >= 0.6 is 0 Å².